The van der Waals surface area contributed by atoms with E-state index in [1.54, 1.807) is 0 Å². The molecule has 0 aliphatic carbocycles. The molecule has 0 fully saturated rings. The summed E-state index contributed by atoms with van der Waals surface area (Å²) in [5.41, 5.74) is 1.69. The summed E-state index contributed by atoms with van der Waals surface area (Å²) in [6, 6.07) is 19.0. The van der Waals surface area contributed by atoms with Crippen molar-refractivity contribution in [2.45, 2.75) is 12.3 Å². The highest BCUT2D eigenvalue weighted by Gasteiger charge is 2.19. The number of hydrogen-bond acceptors (Lipinski definition) is 1. The fourth-order valence-electron chi connectivity index (χ4n) is 1.88. The van der Waals surface area contributed by atoms with Gasteiger partial charge in [0.2, 0.25) is 0 Å². The Kier molecular flexibility index (Phi) is 3.71. The first-order valence-electron chi connectivity index (χ1n) is 5.67. The second-order valence-corrected chi connectivity index (χ2v) is 3.93. The van der Waals surface area contributed by atoms with Crippen LogP contribution in [0.5, 0.6) is 0 Å². The summed E-state index contributed by atoms with van der Waals surface area (Å²) in [4.78, 5) is 12.3. The zero-order valence-corrected chi connectivity index (χ0v) is 9.54. The van der Waals surface area contributed by atoms with Gasteiger partial charge in [-0.05, 0) is 18.9 Å². The third-order valence-corrected chi connectivity index (χ3v) is 2.81. The maximum absolute atomic E-state index is 12.3. The summed E-state index contributed by atoms with van der Waals surface area (Å²) in [5.74, 6) is -0.169. The molecular formula is C16H14O. The maximum atomic E-state index is 12.3. The van der Waals surface area contributed by atoms with Crippen molar-refractivity contribution in [3.8, 4) is 0 Å². The molecule has 17 heavy (non-hydrogen) atoms. The van der Waals surface area contributed by atoms with Gasteiger partial charge in [-0.15, -0.1) is 0 Å². The molecule has 2 rings (SSSR count). The van der Waals surface area contributed by atoms with Crippen LogP contribution in [-0.2, 0) is 0 Å². The van der Waals surface area contributed by atoms with Crippen LogP contribution in [0.1, 0.15) is 28.3 Å². The van der Waals surface area contributed by atoms with Gasteiger partial charge in [0.1, 0.15) is 0 Å². The minimum absolute atomic E-state index is 0.0827. The molecule has 2 radical (unpaired) electrons. The lowest BCUT2D eigenvalue weighted by Gasteiger charge is -2.13. The lowest BCUT2D eigenvalue weighted by molar-refractivity contribution is 0.0960. The second-order valence-electron chi connectivity index (χ2n) is 3.93. The molecule has 0 aliphatic rings. The third kappa shape index (κ3) is 2.62. The van der Waals surface area contributed by atoms with Gasteiger partial charge in [-0.1, -0.05) is 60.7 Å². The van der Waals surface area contributed by atoms with Crippen LogP contribution in [0.4, 0.5) is 0 Å². The van der Waals surface area contributed by atoms with E-state index in [4.69, 9.17) is 6.92 Å². The minimum Gasteiger partial charge on any atom is -0.293 e. The highest BCUT2D eigenvalue weighted by molar-refractivity contribution is 6.00. The fourth-order valence-corrected chi connectivity index (χ4v) is 1.88. The van der Waals surface area contributed by atoms with E-state index in [0.29, 0.717) is 12.0 Å². The Balaban J connectivity index is 2.29. The van der Waals surface area contributed by atoms with Crippen molar-refractivity contribution in [2.24, 2.45) is 0 Å². The molecule has 2 aromatic carbocycles. The molecule has 0 aliphatic heterocycles. The Morgan fingerprint density at radius 2 is 1.47 bits per heavy atom. The zero-order chi connectivity index (χ0) is 12.1. The average Bonchev–Trinajstić information content (AvgIpc) is 2.42. The quantitative estimate of drug-likeness (QED) is 0.720. The van der Waals surface area contributed by atoms with Gasteiger partial charge < -0.3 is 0 Å². The molecule has 0 amide bonds. The molecule has 0 aromatic heterocycles. The highest BCUT2D eigenvalue weighted by Crippen LogP contribution is 2.23. The lowest BCUT2D eigenvalue weighted by Crippen LogP contribution is -2.12. The zero-order valence-electron chi connectivity index (χ0n) is 9.54. The topological polar surface area (TPSA) is 17.1 Å². The second kappa shape index (κ2) is 5.44. The van der Waals surface area contributed by atoms with Crippen molar-refractivity contribution < 1.29 is 4.79 Å². The van der Waals surface area contributed by atoms with Crippen LogP contribution in [-0.4, -0.2) is 5.78 Å². The summed E-state index contributed by atoms with van der Waals surface area (Å²) in [7, 11) is 0. The fraction of sp³-hybridized carbons (Fsp3) is 0.125. The van der Waals surface area contributed by atoms with E-state index in [1.807, 2.05) is 60.7 Å². The first-order chi connectivity index (χ1) is 8.33. The van der Waals surface area contributed by atoms with Crippen LogP contribution in [0, 0.1) is 6.92 Å². The lowest BCUT2D eigenvalue weighted by atomic mass is 9.89. The molecule has 84 valence electrons. The standard InChI is InChI=1S/C16H14O/c1-2-15(13-9-5-3-6-10-13)16(17)14-11-7-4-8-12-14/h1,3-12,15H,2H2. The number of rotatable bonds is 4. The largest absolute Gasteiger partial charge is 0.293 e. The van der Waals surface area contributed by atoms with Crippen molar-refractivity contribution in [2.75, 3.05) is 0 Å². The van der Waals surface area contributed by atoms with E-state index < -0.39 is 0 Å². The molecule has 0 bridgehead atoms. The monoisotopic (exact) mass is 222 g/mol. The van der Waals surface area contributed by atoms with E-state index in [1.165, 1.54) is 0 Å². The van der Waals surface area contributed by atoms with Crippen molar-refractivity contribution in [3.05, 3.63) is 78.7 Å². The predicted octanol–water partition coefficient (Wildman–Crippen LogP) is 3.75. The molecule has 1 nitrogen and oxygen atoms in total. The Morgan fingerprint density at radius 3 is 2.00 bits per heavy atom. The van der Waals surface area contributed by atoms with Gasteiger partial charge in [0.15, 0.2) is 5.78 Å². The molecule has 0 saturated heterocycles. The minimum atomic E-state index is -0.251. The van der Waals surface area contributed by atoms with Crippen LogP contribution in [0.3, 0.4) is 0 Å². The Morgan fingerprint density at radius 1 is 0.941 bits per heavy atom. The van der Waals surface area contributed by atoms with Crippen LogP contribution in [0.2, 0.25) is 0 Å². The molecule has 0 saturated carbocycles. The Bertz CT molecular complexity index is 473. The number of carbonyl (C=O) groups is 1. The molecule has 0 N–H and O–H groups in total. The van der Waals surface area contributed by atoms with Crippen LogP contribution in [0.25, 0.3) is 0 Å². The summed E-state index contributed by atoms with van der Waals surface area (Å²) in [6.07, 6.45) is 0.331. The molecule has 1 heteroatoms. The number of Topliss-reactive ketones (excluding diaryl/α,β-unsaturated/α-hetero) is 1. The Hall–Kier alpha value is -1.89. The molecule has 2 aromatic rings. The normalized spacial score (nSPS) is 12.1. The van der Waals surface area contributed by atoms with E-state index in [9.17, 15) is 4.79 Å². The van der Waals surface area contributed by atoms with Crippen LogP contribution in [0.15, 0.2) is 60.7 Å². The van der Waals surface area contributed by atoms with E-state index in [2.05, 4.69) is 0 Å². The van der Waals surface area contributed by atoms with Crippen molar-refractivity contribution in [1.29, 1.82) is 0 Å². The average molecular weight is 222 g/mol. The number of benzene rings is 2. The predicted molar refractivity (Wildman–Crippen MR) is 68.9 cm³/mol. The van der Waals surface area contributed by atoms with Gasteiger partial charge in [0.05, 0.1) is 0 Å². The summed E-state index contributed by atoms with van der Waals surface area (Å²) in [5, 5.41) is 0. The Labute approximate surface area is 102 Å². The number of ketones is 1. The first-order valence-corrected chi connectivity index (χ1v) is 5.67. The molecule has 1 atom stereocenters. The van der Waals surface area contributed by atoms with Gasteiger partial charge >= 0.3 is 0 Å². The van der Waals surface area contributed by atoms with Gasteiger partial charge in [0, 0.05) is 11.5 Å². The smallest absolute Gasteiger partial charge is 0.170 e. The molecule has 0 heterocycles. The molecule has 0 spiro atoms. The maximum Gasteiger partial charge on any atom is 0.170 e. The van der Waals surface area contributed by atoms with Gasteiger partial charge in [-0.25, -0.2) is 0 Å². The van der Waals surface area contributed by atoms with Crippen LogP contribution >= 0.6 is 0 Å². The van der Waals surface area contributed by atoms with Crippen molar-refractivity contribution in [3.63, 3.8) is 0 Å². The first kappa shape index (κ1) is 11.6. The summed E-state index contributed by atoms with van der Waals surface area (Å²) < 4.78 is 0. The summed E-state index contributed by atoms with van der Waals surface area (Å²) in [6.45, 7) is 5.72. The van der Waals surface area contributed by atoms with E-state index >= 15 is 0 Å². The molecule has 1 unspecified atom stereocenters. The van der Waals surface area contributed by atoms with Crippen molar-refractivity contribution >= 4 is 5.78 Å². The summed E-state index contributed by atoms with van der Waals surface area (Å²) >= 11 is 0. The molecular weight excluding hydrogens is 208 g/mol. The van der Waals surface area contributed by atoms with Crippen LogP contribution < -0.4 is 0 Å². The number of carbonyl (C=O) groups excluding carboxylic acids is 1. The number of hydrogen-bond donors (Lipinski definition) is 0. The van der Waals surface area contributed by atoms with Gasteiger partial charge in [0.25, 0.3) is 0 Å². The SMILES string of the molecule is [CH]CC(C(=O)c1ccccc1)c1ccccc1. The van der Waals surface area contributed by atoms with Gasteiger partial charge in [-0.3, -0.25) is 4.79 Å². The van der Waals surface area contributed by atoms with Crippen molar-refractivity contribution in [1.82, 2.24) is 0 Å². The highest BCUT2D eigenvalue weighted by atomic mass is 16.1. The van der Waals surface area contributed by atoms with Gasteiger partial charge in [-0.2, -0.15) is 0 Å². The van der Waals surface area contributed by atoms with E-state index in [-0.39, 0.29) is 11.7 Å². The third-order valence-electron chi connectivity index (χ3n) is 2.81. The van der Waals surface area contributed by atoms with E-state index in [0.717, 1.165) is 5.56 Å².